The molecular weight excluding hydrogens is 260 g/mol. The van der Waals surface area contributed by atoms with E-state index in [9.17, 15) is 0 Å². The summed E-state index contributed by atoms with van der Waals surface area (Å²) in [6.07, 6.45) is 2.76. The van der Waals surface area contributed by atoms with E-state index in [0.29, 0.717) is 11.5 Å². The van der Waals surface area contributed by atoms with Crippen LogP contribution in [0.25, 0.3) is 0 Å². The molecule has 0 aromatic rings. The summed E-state index contributed by atoms with van der Waals surface area (Å²) in [6.45, 7) is 13.5. The Morgan fingerprint density at radius 1 is 1.10 bits per heavy atom. The van der Waals surface area contributed by atoms with Crippen LogP contribution in [0.5, 0.6) is 0 Å². The fourth-order valence-corrected chi connectivity index (χ4v) is 4.21. The molecule has 1 aliphatic carbocycles. The number of likely N-dealkylation sites (N-methyl/N-ethyl adjacent to an activating group) is 1. The molecule has 2 rings (SSSR count). The number of piperazine rings is 1. The van der Waals surface area contributed by atoms with Gasteiger partial charge in [-0.05, 0) is 45.3 Å². The molecule has 0 spiro atoms. The highest BCUT2D eigenvalue weighted by Gasteiger charge is 2.41. The lowest BCUT2D eigenvalue weighted by Crippen LogP contribution is -2.51. The molecule has 1 heterocycles. The van der Waals surface area contributed by atoms with Crippen LogP contribution in [0.1, 0.15) is 26.7 Å². The number of nitrogens with one attached hydrogen (secondary N) is 1. The molecule has 0 bridgehead atoms. The molecule has 1 N–H and O–H groups in total. The van der Waals surface area contributed by atoms with Crippen LogP contribution in [0.2, 0.25) is 0 Å². The van der Waals surface area contributed by atoms with Crippen molar-refractivity contribution in [1.82, 2.24) is 20.0 Å². The summed E-state index contributed by atoms with van der Waals surface area (Å²) in [6, 6.07) is 0.685. The van der Waals surface area contributed by atoms with Crippen LogP contribution in [0, 0.1) is 11.3 Å². The van der Waals surface area contributed by atoms with Crippen LogP contribution in [0.4, 0.5) is 0 Å². The summed E-state index contributed by atoms with van der Waals surface area (Å²) in [5, 5.41) is 3.59. The van der Waals surface area contributed by atoms with Crippen LogP contribution in [-0.4, -0.2) is 87.7 Å². The first-order valence-electron chi connectivity index (χ1n) is 8.69. The molecule has 1 aliphatic heterocycles. The monoisotopic (exact) mass is 296 g/mol. The molecule has 0 radical (unpaired) electrons. The molecule has 124 valence electrons. The van der Waals surface area contributed by atoms with E-state index in [2.05, 4.69) is 55.0 Å². The Morgan fingerprint density at radius 3 is 2.29 bits per heavy atom. The van der Waals surface area contributed by atoms with Gasteiger partial charge < -0.3 is 15.1 Å². The van der Waals surface area contributed by atoms with Crippen LogP contribution >= 0.6 is 0 Å². The standard InChI is InChI=1S/C17H36N4/c1-17(2)7-6-15(16(17)18-3)14-21-12-10-20(11-13-21)9-8-19(4)5/h15-16,18H,6-14H2,1-5H3. The van der Waals surface area contributed by atoms with Crippen molar-refractivity contribution in [2.24, 2.45) is 11.3 Å². The van der Waals surface area contributed by atoms with E-state index in [1.165, 1.54) is 58.7 Å². The van der Waals surface area contributed by atoms with E-state index in [1.54, 1.807) is 0 Å². The summed E-state index contributed by atoms with van der Waals surface area (Å²) < 4.78 is 0. The summed E-state index contributed by atoms with van der Waals surface area (Å²) >= 11 is 0. The zero-order valence-corrected chi connectivity index (χ0v) is 14.9. The lowest BCUT2D eigenvalue weighted by Gasteiger charge is -2.38. The van der Waals surface area contributed by atoms with Gasteiger partial charge in [-0.25, -0.2) is 0 Å². The van der Waals surface area contributed by atoms with Crippen LogP contribution in [-0.2, 0) is 0 Å². The first-order chi connectivity index (χ1) is 9.92. The largest absolute Gasteiger partial charge is 0.316 e. The molecule has 1 saturated carbocycles. The maximum Gasteiger partial charge on any atom is 0.0156 e. The molecule has 2 fully saturated rings. The lowest BCUT2D eigenvalue weighted by atomic mass is 9.85. The fraction of sp³-hybridized carbons (Fsp3) is 1.00. The van der Waals surface area contributed by atoms with Gasteiger partial charge in [0.15, 0.2) is 0 Å². The Balaban J connectivity index is 1.74. The first-order valence-corrected chi connectivity index (χ1v) is 8.69. The van der Waals surface area contributed by atoms with Gasteiger partial charge in [-0.2, -0.15) is 0 Å². The molecule has 4 nitrogen and oxygen atoms in total. The molecule has 4 heteroatoms. The van der Waals surface area contributed by atoms with Gasteiger partial charge in [0.05, 0.1) is 0 Å². The first kappa shape index (κ1) is 17.2. The third-order valence-corrected chi connectivity index (χ3v) is 5.60. The third-order valence-electron chi connectivity index (χ3n) is 5.60. The van der Waals surface area contributed by atoms with E-state index in [0.717, 1.165) is 5.92 Å². The van der Waals surface area contributed by atoms with Crippen molar-refractivity contribution in [3.63, 3.8) is 0 Å². The highest BCUT2D eigenvalue weighted by molar-refractivity contribution is 4.96. The van der Waals surface area contributed by atoms with Gasteiger partial charge >= 0.3 is 0 Å². The van der Waals surface area contributed by atoms with Crippen molar-refractivity contribution in [1.29, 1.82) is 0 Å². The molecule has 21 heavy (non-hydrogen) atoms. The maximum absolute atomic E-state index is 3.59. The Morgan fingerprint density at radius 2 is 1.71 bits per heavy atom. The summed E-state index contributed by atoms with van der Waals surface area (Å²) in [5.41, 5.74) is 0.465. The fourth-order valence-electron chi connectivity index (χ4n) is 4.21. The van der Waals surface area contributed by atoms with Gasteiger partial charge in [0.1, 0.15) is 0 Å². The van der Waals surface area contributed by atoms with Crippen molar-refractivity contribution in [2.75, 3.05) is 67.0 Å². The second-order valence-corrected chi connectivity index (χ2v) is 8.00. The molecule has 0 aromatic heterocycles. The average molecular weight is 297 g/mol. The van der Waals surface area contributed by atoms with Gasteiger partial charge in [0.25, 0.3) is 0 Å². The second-order valence-electron chi connectivity index (χ2n) is 8.00. The van der Waals surface area contributed by atoms with E-state index in [1.807, 2.05) is 0 Å². The molecular formula is C17H36N4. The minimum absolute atomic E-state index is 0.465. The van der Waals surface area contributed by atoms with E-state index in [-0.39, 0.29) is 0 Å². The summed E-state index contributed by atoms with van der Waals surface area (Å²) in [4.78, 5) is 7.59. The Labute approximate surface area is 131 Å². The minimum atomic E-state index is 0.465. The Bertz CT molecular complexity index is 308. The number of hydrogen-bond donors (Lipinski definition) is 1. The summed E-state index contributed by atoms with van der Waals surface area (Å²) in [5.74, 6) is 0.832. The third kappa shape index (κ3) is 4.65. The number of nitrogens with zero attached hydrogens (tertiary/aromatic N) is 3. The molecule has 2 unspecified atom stereocenters. The van der Waals surface area contributed by atoms with Gasteiger partial charge in [-0.15, -0.1) is 0 Å². The van der Waals surface area contributed by atoms with Gasteiger partial charge in [0, 0.05) is 51.9 Å². The van der Waals surface area contributed by atoms with Gasteiger partial charge in [-0.3, -0.25) is 4.90 Å². The quantitative estimate of drug-likeness (QED) is 0.795. The molecule has 2 aliphatic rings. The normalized spacial score (nSPS) is 31.1. The van der Waals surface area contributed by atoms with Crippen LogP contribution < -0.4 is 5.32 Å². The minimum Gasteiger partial charge on any atom is -0.316 e. The molecule has 0 aromatic carbocycles. The van der Waals surface area contributed by atoms with Crippen molar-refractivity contribution in [2.45, 2.75) is 32.7 Å². The number of hydrogen-bond acceptors (Lipinski definition) is 4. The second kappa shape index (κ2) is 7.40. The molecule has 0 amide bonds. The zero-order valence-electron chi connectivity index (χ0n) is 14.9. The smallest absolute Gasteiger partial charge is 0.0156 e. The molecule has 2 atom stereocenters. The average Bonchev–Trinajstić information content (AvgIpc) is 2.72. The highest BCUT2D eigenvalue weighted by atomic mass is 15.3. The SMILES string of the molecule is CNC1C(CN2CCN(CCN(C)C)CC2)CCC1(C)C. The van der Waals surface area contributed by atoms with Crippen molar-refractivity contribution in [3.05, 3.63) is 0 Å². The van der Waals surface area contributed by atoms with Crippen molar-refractivity contribution < 1.29 is 0 Å². The van der Waals surface area contributed by atoms with Crippen molar-refractivity contribution >= 4 is 0 Å². The zero-order chi connectivity index (χ0) is 15.5. The van der Waals surface area contributed by atoms with Crippen molar-refractivity contribution in [3.8, 4) is 0 Å². The molecule has 1 saturated heterocycles. The predicted molar refractivity (Wildman–Crippen MR) is 90.8 cm³/mol. The Hall–Kier alpha value is -0.160. The van der Waals surface area contributed by atoms with E-state index in [4.69, 9.17) is 0 Å². The maximum atomic E-state index is 3.59. The lowest BCUT2D eigenvalue weighted by molar-refractivity contribution is 0.104. The topological polar surface area (TPSA) is 21.8 Å². The van der Waals surface area contributed by atoms with E-state index >= 15 is 0 Å². The van der Waals surface area contributed by atoms with E-state index < -0.39 is 0 Å². The van der Waals surface area contributed by atoms with Crippen LogP contribution in [0.15, 0.2) is 0 Å². The van der Waals surface area contributed by atoms with Gasteiger partial charge in [-0.1, -0.05) is 13.8 Å². The number of rotatable bonds is 6. The summed E-state index contributed by atoms with van der Waals surface area (Å²) in [7, 11) is 6.47. The highest BCUT2D eigenvalue weighted by Crippen LogP contribution is 2.41. The predicted octanol–water partition coefficient (Wildman–Crippen LogP) is 1.19. The van der Waals surface area contributed by atoms with Gasteiger partial charge in [0.2, 0.25) is 0 Å². The Kier molecular flexibility index (Phi) is 6.06. The van der Waals surface area contributed by atoms with Crippen LogP contribution in [0.3, 0.4) is 0 Å².